The molecule has 2 rings (SSSR count). The second-order valence-electron chi connectivity index (χ2n) is 5.02. The van der Waals surface area contributed by atoms with Crippen LogP contribution in [0.2, 0.25) is 10.0 Å². The van der Waals surface area contributed by atoms with E-state index in [9.17, 15) is 9.59 Å². The van der Waals surface area contributed by atoms with Gasteiger partial charge in [0, 0.05) is 0 Å². The van der Waals surface area contributed by atoms with Crippen molar-refractivity contribution in [1.29, 1.82) is 0 Å². The van der Waals surface area contributed by atoms with Crippen molar-refractivity contribution in [2.75, 3.05) is 11.9 Å². The van der Waals surface area contributed by atoms with E-state index in [1.807, 2.05) is 12.2 Å². The minimum Gasteiger partial charge on any atom is -0.455 e. The third kappa shape index (κ3) is 4.45. The van der Waals surface area contributed by atoms with Crippen molar-refractivity contribution in [3.63, 3.8) is 0 Å². The molecule has 1 atom stereocenters. The minimum atomic E-state index is -0.490. The highest BCUT2D eigenvalue weighted by Crippen LogP contribution is 2.25. The van der Waals surface area contributed by atoms with Gasteiger partial charge in [0.15, 0.2) is 12.4 Å². The molecular weight excluding hydrogens is 327 g/mol. The molecule has 5 nitrogen and oxygen atoms in total. The van der Waals surface area contributed by atoms with Gasteiger partial charge in [-0.25, -0.2) is 4.98 Å². The quantitative estimate of drug-likeness (QED) is 0.671. The van der Waals surface area contributed by atoms with Crippen LogP contribution in [0.25, 0.3) is 0 Å². The van der Waals surface area contributed by atoms with E-state index in [0.29, 0.717) is 17.1 Å². The summed E-state index contributed by atoms with van der Waals surface area (Å²) in [5.41, 5.74) is 0.548. The smallest absolute Gasteiger partial charge is 0.309 e. The van der Waals surface area contributed by atoms with Gasteiger partial charge in [-0.15, -0.1) is 0 Å². The average Bonchev–Trinajstić information content (AvgIpc) is 2.51. The molecule has 0 fully saturated rings. The lowest BCUT2D eigenvalue weighted by atomic mass is 9.95. The monoisotopic (exact) mass is 342 g/mol. The van der Waals surface area contributed by atoms with Gasteiger partial charge in [0.2, 0.25) is 0 Å². The van der Waals surface area contributed by atoms with Crippen molar-refractivity contribution in [3.8, 4) is 0 Å². The fraction of sp³-hybridized carbons (Fsp3) is 0.400. The van der Waals surface area contributed by atoms with Gasteiger partial charge in [0.05, 0.1) is 21.7 Å². The van der Waals surface area contributed by atoms with Crippen molar-refractivity contribution in [2.45, 2.75) is 26.2 Å². The van der Waals surface area contributed by atoms with Gasteiger partial charge in [-0.2, -0.15) is 0 Å². The standard InChI is InChI=1S/C15H16Cl2N2O3/c1-9-11(16)7-12(17)14(18-9)19-13(20)8-22-15(21)10-5-3-2-4-6-10/h2-3,7,10H,4-6,8H2,1H3,(H,18,19,20)/t10-/m1/s1. The summed E-state index contributed by atoms with van der Waals surface area (Å²) < 4.78 is 5.03. The van der Waals surface area contributed by atoms with Crippen LogP contribution in [0.1, 0.15) is 25.0 Å². The number of hydrogen-bond donors (Lipinski definition) is 1. The van der Waals surface area contributed by atoms with Crippen LogP contribution in [0.4, 0.5) is 5.82 Å². The maximum Gasteiger partial charge on any atom is 0.309 e. The van der Waals surface area contributed by atoms with Crippen molar-refractivity contribution in [1.82, 2.24) is 4.98 Å². The molecule has 1 aliphatic carbocycles. The molecule has 22 heavy (non-hydrogen) atoms. The second kappa shape index (κ2) is 7.61. The summed E-state index contributed by atoms with van der Waals surface area (Å²) in [6.45, 7) is 1.34. The summed E-state index contributed by atoms with van der Waals surface area (Å²) in [7, 11) is 0. The Hall–Kier alpha value is -1.59. The molecule has 0 spiro atoms. The molecule has 0 unspecified atom stereocenters. The number of ether oxygens (including phenoxy) is 1. The molecular formula is C15H16Cl2N2O3. The molecule has 118 valence electrons. The Labute approximate surface area is 138 Å². The Bertz CT molecular complexity index is 617. The number of pyridine rings is 1. The Balaban J connectivity index is 1.86. The van der Waals surface area contributed by atoms with Crippen LogP contribution in [0.3, 0.4) is 0 Å². The van der Waals surface area contributed by atoms with Crippen molar-refractivity contribution in [2.24, 2.45) is 5.92 Å². The predicted molar refractivity (Wildman–Crippen MR) is 85.1 cm³/mol. The first kappa shape index (κ1) is 16.8. The number of nitrogens with zero attached hydrogens (tertiary/aromatic N) is 1. The zero-order chi connectivity index (χ0) is 16.1. The first-order valence-corrected chi connectivity index (χ1v) is 7.67. The van der Waals surface area contributed by atoms with Crippen LogP contribution >= 0.6 is 23.2 Å². The molecule has 1 aromatic heterocycles. The number of allylic oxidation sites excluding steroid dienone is 2. The summed E-state index contributed by atoms with van der Waals surface area (Å²) >= 11 is 11.8. The number of rotatable bonds is 4. The first-order valence-electron chi connectivity index (χ1n) is 6.91. The predicted octanol–water partition coefficient (Wildman–Crippen LogP) is 3.53. The minimum absolute atomic E-state index is 0.169. The number of hydrogen-bond acceptors (Lipinski definition) is 4. The van der Waals surface area contributed by atoms with E-state index in [1.165, 1.54) is 6.07 Å². The third-order valence-corrected chi connectivity index (χ3v) is 3.98. The van der Waals surface area contributed by atoms with Gasteiger partial charge >= 0.3 is 5.97 Å². The van der Waals surface area contributed by atoms with Crippen molar-refractivity contribution in [3.05, 3.63) is 34.0 Å². The van der Waals surface area contributed by atoms with Crippen LogP contribution in [0.15, 0.2) is 18.2 Å². The van der Waals surface area contributed by atoms with Gasteiger partial charge in [0.1, 0.15) is 0 Å². The SMILES string of the molecule is Cc1nc(NC(=O)COC(=O)[C@@H]2CC=CCC2)c(Cl)cc1Cl. The number of carbonyl (C=O) groups is 2. The maximum absolute atomic E-state index is 11.8. The molecule has 1 heterocycles. The summed E-state index contributed by atoms with van der Waals surface area (Å²) in [6, 6.07) is 1.50. The zero-order valence-electron chi connectivity index (χ0n) is 12.1. The van der Waals surface area contributed by atoms with Gasteiger partial charge in [0.25, 0.3) is 5.91 Å². The zero-order valence-corrected chi connectivity index (χ0v) is 13.6. The van der Waals surface area contributed by atoms with E-state index >= 15 is 0 Å². The Kier molecular flexibility index (Phi) is 5.80. The highest BCUT2D eigenvalue weighted by Gasteiger charge is 2.21. The number of anilines is 1. The molecule has 0 aromatic carbocycles. The Morgan fingerprint density at radius 3 is 2.82 bits per heavy atom. The molecule has 1 amide bonds. The largest absolute Gasteiger partial charge is 0.455 e. The first-order chi connectivity index (χ1) is 10.5. The number of amides is 1. The van der Waals surface area contributed by atoms with E-state index in [0.717, 1.165) is 12.8 Å². The molecule has 0 radical (unpaired) electrons. The lowest BCUT2D eigenvalue weighted by Gasteiger charge is -2.16. The van der Waals surface area contributed by atoms with Gasteiger partial charge in [-0.05, 0) is 32.3 Å². The van der Waals surface area contributed by atoms with Crippen LogP contribution in [-0.4, -0.2) is 23.5 Å². The lowest BCUT2D eigenvalue weighted by molar-refractivity contribution is -0.151. The van der Waals surface area contributed by atoms with Crippen LogP contribution in [0, 0.1) is 12.8 Å². The second-order valence-corrected chi connectivity index (χ2v) is 5.84. The number of nitrogens with one attached hydrogen (secondary N) is 1. The maximum atomic E-state index is 11.8. The molecule has 0 saturated carbocycles. The molecule has 1 N–H and O–H groups in total. The highest BCUT2D eigenvalue weighted by molar-refractivity contribution is 6.36. The summed E-state index contributed by atoms with van der Waals surface area (Å²) in [4.78, 5) is 27.7. The summed E-state index contributed by atoms with van der Waals surface area (Å²) in [5, 5.41) is 3.15. The Morgan fingerprint density at radius 1 is 1.36 bits per heavy atom. The van der Waals surface area contributed by atoms with E-state index < -0.39 is 5.91 Å². The van der Waals surface area contributed by atoms with E-state index in [4.69, 9.17) is 27.9 Å². The molecule has 0 saturated heterocycles. The van der Waals surface area contributed by atoms with Crippen LogP contribution < -0.4 is 5.32 Å². The number of aromatic nitrogens is 1. The molecule has 7 heteroatoms. The third-order valence-electron chi connectivity index (χ3n) is 3.31. The topological polar surface area (TPSA) is 68.3 Å². The molecule has 1 aromatic rings. The molecule has 0 aliphatic heterocycles. The fourth-order valence-corrected chi connectivity index (χ4v) is 2.48. The van der Waals surface area contributed by atoms with Crippen molar-refractivity contribution >= 4 is 40.9 Å². The van der Waals surface area contributed by atoms with Gasteiger partial charge in [-0.3, -0.25) is 9.59 Å². The number of carbonyl (C=O) groups excluding carboxylic acids is 2. The van der Waals surface area contributed by atoms with Gasteiger partial charge < -0.3 is 10.1 Å². The molecule has 0 bridgehead atoms. The van der Waals surface area contributed by atoms with Crippen LogP contribution in [0.5, 0.6) is 0 Å². The van der Waals surface area contributed by atoms with Gasteiger partial charge in [-0.1, -0.05) is 35.4 Å². The van der Waals surface area contributed by atoms with Crippen molar-refractivity contribution < 1.29 is 14.3 Å². The molecule has 1 aliphatic rings. The summed E-state index contributed by atoms with van der Waals surface area (Å²) in [6.07, 6.45) is 6.25. The number of aryl methyl sites for hydroxylation is 1. The fourth-order valence-electron chi connectivity index (χ4n) is 2.08. The number of esters is 1. The highest BCUT2D eigenvalue weighted by atomic mass is 35.5. The van der Waals surface area contributed by atoms with E-state index in [1.54, 1.807) is 6.92 Å². The number of halogens is 2. The van der Waals surface area contributed by atoms with E-state index in [2.05, 4.69) is 10.3 Å². The summed E-state index contributed by atoms with van der Waals surface area (Å²) in [5.74, 6) is -0.816. The normalized spacial score (nSPS) is 17.1. The lowest BCUT2D eigenvalue weighted by Crippen LogP contribution is -2.25. The average molecular weight is 343 g/mol. The van der Waals surface area contributed by atoms with Crippen LogP contribution in [-0.2, 0) is 14.3 Å². The van der Waals surface area contributed by atoms with E-state index in [-0.39, 0.29) is 29.3 Å². The Morgan fingerprint density at radius 2 is 2.14 bits per heavy atom.